The third kappa shape index (κ3) is 5.99. The number of hydrogen-bond donors (Lipinski definition) is 3. The van der Waals surface area contributed by atoms with Crippen molar-refractivity contribution < 1.29 is 4.79 Å². The fourth-order valence-corrected chi connectivity index (χ4v) is 2.94. The van der Waals surface area contributed by atoms with Gasteiger partial charge < -0.3 is 16.0 Å². The predicted molar refractivity (Wildman–Crippen MR) is 118 cm³/mol. The van der Waals surface area contributed by atoms with Crippen LogP contribution in [0.1, 0.15) is 27.9 Å². The van der Waals surface area contributed by atoms with Gasteiger partial charge in [0.25, 0.3) is 5.91 Å². The van der Waals surface area contributed by atoms with Crippen LogP contribution in [0, 0.1) is 13.8 Å². The topological polar surface area (TPSA) is 53.2 Å². The summed E-state index contributed by atoms with van der Waals surface area (Å²) in [6, 6.07) is 13.8. The van der Waals surface area contributed by atoms with Gasteiger partial charge in [0, 0.05) is 18.8 Å². The Balaban J connectivity index is 0.00000182. The first-order chi connectivity index (χ1) is 12.1. The number of para-hydroxylation sites is 1. The van der Waals surface area contributed by atoms with Gasteiger partial charge in [-0.25, -0.2) is 0 Å². The van der Waals surface area contributed by atoms with Crippen LogP contribution in [-0.4, -0.2) is 25.5 Å². The van der Waals surface area contributed by atoms with Crippen molar-refractivity contribution in [1.29, 1.82) is 0 Å². The molecule has 27 heavy (non-hydrogen) atoms. The lowest BCUT2D eigenvalue weighted by Crippen LogP contribution is -2.30. The van der Waals surface area contributed by atoms with Gasteiger partial charge in [-0.15, -0.1) is 24.8 Å². The fraction of sp³-hybridized carbons (Fsp3) is 0.286. The highest BCUT2D eigenvalue weighted by Gasteiger charge is 2.13. The molecule has 2 aromatic rings. The standard InChI is InChI=1S/C21H25N3O.2ClH/c1-15-6-5-9-19(16(15)2)24-20-8-4-3-7-18(20)21(25)23-14-17-10-12-22-13-11-17;;/h3-10,22,24H,11-14H2,1-2H3,(H,23,25);2*1H. The first-order valence-electron chi connectivity index (χ1n) is 8.74. The first kappa shape index (κ1) is 23.0. The molecule has 1 heterocycles. The van der Waals surface area contributed by atoms with E-state index in [0.717, 1.165) is 30.9 Å². The minimum absolute atomic E-state index is 0. The molecule has 0 unspecified atom stereocenters. The normalized spacial score (nSPS) is 12.9. The number of benzene rings is 2. The highest BCUT2D eigenvalue weighted by molar-refractivity contribution is 6.00. The highest BCUT2D eigenvalue weighted by atomic mass is 35.5. The van der Waals surface area contributed by atoms with E-state index in [1.165, 1.54) is 16.7 Å². The Morgan fingerprint density at radius 3 is 2.52 bits per heavy atom. The van der Waals surface area contributed by atoms with Crippen LogP contribution in [0.15, 0.2) is 54.1 Å². The van der Waals surface area contributed by atoms with E-state index in [1.54, 1.807) is 0 Å². The van der Waals surface area contributed by atoms with Gasteiger partial charge in [-0.1, -0.05) is 35.9 Å². The highest BCUT2D eigenvalue weighted by Crippen LogP contribution is 2.25. The van der Waals surface area contributed by atoms with Crippen molar-refractivity contribution in [2.24, 2.45) is 0 Å². The number of carbonyl (C=O) groups is 1. The van der Waals surface area contributed by atoms with Gasteiger partial charge >= 0.3 is 0 Å². The minimum atomic E-state index is -0.0483. The number of rotatable bonds is 5. The second-order valence-corrected chi connectivity index (χ2v) is 6.42. The molecular formula is C21H27Cl2N3O. The number of hydrogen-bond acceptors (Lipinski definition) is 3. The number of amides is 1. The molecule has 0 spiro atoms. The van der Waals surface area contributed by atoms with Crippen LogP contribution >= 0.6 is 24.8 Å². The maximum Gasteiger partial charge on any atom is 0.253 e. The van der Waals surface area contributed by atoms with Crippen LogP contribution in [0.3, 0.4) is 0 Å². The summed E-state index contributed by atoms with van der Waals surface area (Å²) in [6.07, 6.45) is 3.15. The number of halogens is 2. The average molecular weight is 408 g/mol. The molecule has 0 aromatic heterocycles. The molecule has 0 saturated carbocycles. The Labute approximate surface area is 173 Å². The zero-order valence-corrected chi connectivity index (χ0v) is 17.3. The molecule has 6 heteroatoms. The second kappa shape index (κ2) is 11.0. The van der Waals surface area contributed by atoms with Crippen LogP contribution in [0.2, 0.25) is 0 Å². The van der Waals surface area contributed by atoms with Gasteiger partial charge in [0.2, 0.25) is 0 Å². The quantitative estimate of drug-likeness (QED) is 0.637. The Morgan fingerprint density at radius 2 is 1.78 bits per heavy atom. The van der Waals surface area contributed by atoms with Gasteiger partial charge in [-0.05, 0) is 56.1 Å². The monoisotopic (exact) mass is 407 g/mol. The number of carbonyl (C=O) groups excluding carboxylic acids is 1. The van der Waals surface area contributed by atoms with Crippen LogP contribution in [0.5, 0.6) is 0 Å². The number of aryl methyl sites for hydroxylation is 1. The molecule has 0 aliphatic carbocycles. The molecule has 1 aliphatic rings. The van der Waals surface area contributed by atoms with Crippen molar-refractivity contribution in [2.45, 2.75) is 20.3 Å². The lowest BCUT2D eigenvalue weighted by atomic mass is 10.1. The summed E-state index contributed by atoms with van der Waals surface area (Å²) in [5.41, 5.74) is 6.22. The summed E-state index contributed by atoms with van der Waals surface area (Å²) in [7, 11) is 0. The number of anilines is 2. The lowest BCUT2D eigenvalue weighted by Gasteiger charge is -2.17. The molecule has 0 saturated heterocycles. The molecule has 0 radical (unpaired) electrons. The summed E-state index contributed by atoms with van der Waals surface area (Å²) in [5, 5.41) is 9.74. The van der Waals surface area contributed by atoms with Crippen molar-refractivity contribution in [2.75, 3.05) is 25.0 Å². The van der Waals surface area contributed by atoms with Crippen LogP contribution in [0.25, 0.3) is 0 Å². The van der Waals surface area contributed by atoms with E-state index < -0.39 is 0 Å². The van der Waals surface area contributed by atoms with E-state index in [9.17, 15) is 4.79 Å². The Kier molecular flexibility index (Phi) is 9.36. The largest absolute Gasteiger partial charge is 0.355 e. The summed E-state index contributed by atoms with van der Waals surface area (Å²) in [6.45, 7) is 6.65. The van der Waals surface area contributed by atoms with Crippen molar-refractivity contribution in [3.05, 3.63) is 70.8 Å². The SMILES string of the molecule is Cc1cccc(Nc2ccccc2C(=O)NCC2=CCNCC2)c1C.Cl.Cl. The molecule has 2 aromatic carbocycles. The summed E-state index contributed by atoms with van der Waals surface area (Å²) in [4.78, 5) is 12.7. The molecule has 0 atom stereocenters. The van der Waals surface area contributed by atoms with Gasteiger partial charge in [0.15, 0.2) is 0 Å². The van der Waals surface area contributed by atoms with Crippen molar-refractivity contribution in [1.82, 2.24) is 10.6 Å². The molecule has 3 rings (SSSR count). The van der Waals surface area contributed by atoms with Gasteiger partial charge in [0.05, 0.1) is 11.3 Å². The smallest absolute Gasteiger partial charge is 0.253 e. The van der Waals surface area contributed by atoms with E-state index >= 15 is 0 Å². The van der Waals surface area contributed by atoms with Crippen LogP contribution in [0.4, 0.5) is 11.4 Å². The van der Waals surface area contributed by atoms with E-state index in [1.807, 2.05) is 36.4 Å². The predicted octanol–water partition coefficient (Wildman–Crippen LogP) is 4.54. The third-order valence-corrected chi connectivity index (χ3v) is 4.68. The average Bonchev–Trinajstić information content (AvgIpc) is 2.65. The second-order valence-electron chi connectivity index (χ2n) is 6.42. The Morgan fingerprint density at radius 1 is 1.04 bits per heavy atom. The Hall–Kier alpha value is -2.01. The molecule has 1 aliphatic heterocycles. The van der Waals surface area contributed by atoms with E-state index in [0.29, 0.717) is 12.1 Å². The maximum atomic E-state index is 12.7. The first-order valence-corrected chi connectivity index (χ1v) is 8.74. The molecule has 0 fully saturated rings. The summed E-state index contributed by atoms with van der Waals surface area (Å²) < 4.78 is 0. The zero-order chi connectivity index (χ0) is 17.6. The van der Waals surface area contributed by atoms with Gasteiger partial charge in [-0.3, -0.25) is 4.79 Å². The lowest BCUT2D eigenvalue weighted by molar-refractivity contribution is 0.0957. The summed E-state index contributed by atoms with van der Waals surface area (Å²) >= 11 is 0. The molecule has 146 valence electrons. The summed E-state index contributed by atoms with van der Waals surface area (Å²) in [5.74, 6) is -0.0483. The molecule has 3 N–H and O–H groups in total. The number of nitrogens with one attached hydrogen (secondary N) is 3. The van der Waals surface area contributed by atoms with E-state index in [2.05, 4.69) is 41.9 Å². The van der Waals surface area contributed by atoms with Crippen LogP contribution in [-0.2, 0) is 0 Å². The molecule has 1 amide bonds. The van der Waals surface area contributed by atoms with E-state index in [-0.39, 0.29) is 30.7 Å². The van der Waals surface area contributed by atoms with Crippen molar-refractivity contribution >= 4 is 42.1 Å². The van der Waals surface area contributed by atoms with E-state index in [4.69, 9.17) is 0 Å². The maximum absolute atomic E-state index is 12.7. The molecular weight excluding hydrogens is 381 g/mol. The minimum Gasteiger partial charge on any atom is -0.355 e. The fourth-order valence-electron chi connectivity index (χ4n) is 2.94. The van der Waals surface area contributed by atoms with Gasteiger partial charge in [0.1, 0.15) is 0 Å². The molecule has 0 bridgehead atoms. The third-order valence-electron chi connectivity index (χ3n) is 4.68. The zero-order valence-electron chi connectivity index (χ0n) is 15.7. The van der Waals surface area contributed by atoms with Crippen molar-refractivity contribution in [3.8, 4) is 0 Å². The van der Waals surface area contributed by atoms with Crippen LogP contribution < -0.4 is 16.0 Å². The van der Waals surface area contributed by atoms with Crippen molar-refractivity contribution in [3.63, 3.8) is 0 Å². The Bertz CT molecular complexity index is 806. The van der Waals surface area contributed by atoms with Gasteiger partial charge in [-0.2, -0.15) is 0 Å². The molecule has 4 nitrogen and oxygen atoms in total.